The second kappa shape index (κ2) is 4.83. The fourth-order valence-electron chi connectivity index (χ4n) is 2.86. The molecule has 0 fully saturated rings. The largest absolute Gasteiger partial charge is 0.454 e. The fourth-order valence-corrected chi connectivity index (χ4v) is 3.13. The summed E-state index contributed by atoms with van der Waals surface area (Å²) < 4.78 is 16.2. The van der Waals surface area contributed by atoms with Crippen molar-refractivity contribution in [2.24, 2.45) is 5.73 Å². The van der Waals surface area contributed by atoms with Crippen molar-refractivity contribution in [1.29, 1.82) is 5.26 Å². The Morgan fingerprint density at radius 1 is 1.39 bits per heavy atom. The fraction of sp³-hybridized carbons (Fsp3) is 0.200. The number of allylic oxidation sites excluding steroid dienone is 1. The highest BCUT2D eigenvalue weighted by Crippen LogP contribution is 2.47. The smallest absolute Gasteiger partial charge is 0.244 e. The molecule has 1 aromatic carbocycles. The molecule has 0 radical (unpaired) electrons. The van der Waals surface area contributed by atoms with Crippen LogP contribution in [0.5, 0.6) is 17.4 Å². The highest BCUT2D eigenvalue weighted by atomic mass is 35.5. The molecule has 0 amide bonds. The van der Waals surface area contributed by atoms with E-state index < -0.39 is 5.92 Å². The number of hydrogen-bond acceptors (Lipinski definition) is 6. The first-order chi connectivity index (χ1) is 11.1. The summed E-state index contributed by atoms with van der Waals surface area (Å²) in [6.45, 7) is 1.99. The van der Waals surface area contributed by atoms with E-state index in [0.29, 0.717) is 28.0 Å². The minimum Gasteiger partial charge on any atom is -0.454 e. The number of ether oxygens (including phenoxy) is 3. The maximum absolute atomic E-state index is 9.53. The Morgan fingerprint density at radius 3 is 2.87 bits per heavy atom. The number of halogens is 1. The van der Waals surface area contributed by atoms with Gasteiger partial charge in [-0.1, -0.05) is 11.6 Å². The molecule has 7 nitrogen and oxygen atoms in total. The standard InChI is InChI=1S/C15H11ClN4O3/c1-6-12-13(8(4-17)14(18)23-15(12)20-19-6)7-2-10-11(3-9(7)16)22-5-21-10/h2-3,13H,5,18H2,1H3,(H,19,20)/t13-/m0/s1. The van der Waals surface area contributed by atoms with E-state index in [9.17, 15) is 5.26 Å². The van der Waals surface area contributed by atoms with Gasteiger partial charge in [0.2, 0.25) is 18.6 Å². The number of nitriles is 1. The van der Waals surface area contributed by atoms with E-state index in [1.54, 1.807) is 12.1 Å². The highest BCUT2D eigenvalue weighted by molar-refractivity contribution is 6.31. The first-order valence-corrected chi connectivity index (χ1v) is 7.19. The molecule has 4 rings (SSSR count). The molecule has 2 aliphatic rings. The van der Waals surface area contributed by atoms with Crippen LogP contribution < -0.4 is 19.9 Å². The number of aryl methyl sites for hydroxylation is 1. The van der Waals surface area contributed by atoms with Gasteiger partial charge in [-0.3, -0.25) is 5.10 Å². The number of benzene rings is 1. The predicted molar refractivity (Wildman–Crippen MR) is 80.2 cm³/mol. The first-order valence-electron chi connectivity index (χ1n) is 6.81. The summed E-state index contributed by atoms with van der Waals surface area (Å²) >= 11 is 6.42. The number of fused-ring (bicyclic) bond motifs is 2. The number of rotatable bonds is 1. The monoisotopic (exact) mass is 330 g/mol. The van der Waals surface area contributed by atoms with Crippen molar-refractivity contribution < 1.29 is 14.2 Å². The summed E-state index contributed by atoms with van der Waals surface area (Å²) in [6, 6.07) is 5.55. The summed E-state index contributed by atoms with van der Waals surface area (Å²) in [7, 11) is 0. The molecule has 0 bridgehead atoms. The van der Waals surface area contributed by atoms with Crippen molar-refractivity contribution in [3.63, 3.8) is 0 Å². The van der Waals surface area contributed by atoms with Crippen molar-refractivity contribution in [1.82, 2.24) is 10.2 Å². The van der Waals surface area contributed by atoms with Gasteiger partial charge < -0.3 is 19.9 Å². The van der Waals surface area contributed by atoms with Crippen LogP contribution in [0.3, 0.4) is 0 Å². The molecule has 0 aliphatic carbocycles. The van der Waals surface area contributed by atoms with Crippen LogP contribution in [0.4, 0.5) is 0 Å². The summed E-state index contributed by atoms with van der Waals surface area (Å²) in [4.78, 5) is 0. The molecule has 0 unspecified atom stereocenters. The second-order valence-electron chi connectivity index (χ2n) is 5.22. The van der Waals surface area contributed by atoms with Crippen molar-refractivity contribution in [2.45, 2.75) is 12.8 Å². The third-order valence-electron chi connectivity index (χ3n) is 3.93. The summed E-state index contributed by atoms with van der Waals surface area (Å²) in [5, 5.41) is 16.9. The van der Waals surface area contributed by atoms with E-state index in [4.69, 9.17) is 31.5 Å². The number of H-pyrrole nitrogens is 1. The van der Waals surface area contributed by atoms with Crippen molar-refractivity contribution in [3.8, 4) is 23.4 Å². The van der Waals surface area contributed by atoms with Gasteiger partial charge in [-0.05, 0) is 18.6 Å². The van der Waals surface area contributed by atoms with Crippen LogP contribution in [-0.2, 0) is 0 Å². The van der Waals surface area contributed by atoms with Crippen LogP contribution in [0.25, 0.3) is 0 Å². The Hall–Kier alpha value is -2.85. The van der Waals surface area contributed by atoms with Gasteiger partial charge in [-0.25, -0.2) is 0 Å². The van der Waals surface area contributed by atoms with Crippen LogP contribution >= 0.6 is 11.6 Å². The van der Waals surface area contributed by atoms with Crippen LogP contribution in [0.15, 0.2) is 23.6 Å². The third kappa shape index (κ3) is 1.92. The highest BCUT2D eigenvalue weighted by Gasteiger charge is 2.36. The van der Waals surface area contributed by atoms with E-state index >= 15 is 0 Å². The van der Waals surface area contributed by atoms with Gasteiger partial charge in [-0.15, -0.1) is 5.10 Å². The number of nitrogens with two attached hydrogens (primary N) is 1. The van der Waals surface area contributed by atoms with Gasteiger partial charge >= 0.3 is 0 Å². The topological polar surface area (TPSA) is 106 Å². The summed E-state index contributed by atoms with van der Waals surface area (Å²) in [5.74, 6) is 1.03. The zero-order chi connectivity index (χ0) is 16.1. The Morgan fingerprint density at radius 2 is 2.13 bits per heavy atom. The Labute approximate surface area is 136 Å². The molecular formula is C15H11ClN4O3. The minimum absolute atomic E-state index is 0.0187. The molecule has 2 aliphatic heterocycles. The minimum atomic E-state index is -0.482. The van der Waals surface area contributed by atoms with Gasteiger partial charge in [0.15, 0.2) is 11.5 Å². The van der Waals surface area contributed by atoms with Crippen LogP contribution in [-0.4, -0.2) is 17.0 Å². The molecule has 0 saturated heterocycles. The van der Waals surface area contributed by atoms with Crippen LogP contribution in [0.1, 0.15) is 22.7 Å². The SMILES string of the molecule is Cc1[nH]nc2c1[C@@H](c1cc3c(cc1Cl)OCO3)C(C#N)=C(N)O2. The molecule has 0 saturated carbocycles. The average Bonchev–Trinajstić information content (AvgIpc) is 3.11. The normalized spacial score (nSPS) is 18.4. The number of aromatic amines is 1. The molecule has 2 aromatic rings. The van der Waals surface area contributed by atoms with Crippen LogP contribution in [0, 0.1) is 18.3 Å². The lowest BCUT2D eigenvalue weighted by Crippen LogP contribution is -2.21. The number of nitrogens with zero attached hydrogens (tertiary/aromatic N) is 2. The van der Waals surface area contributed by atoms with Crippen molar-refractivity contribution in [2.75, 3.05) is 6.79 Å². The quantitative estimate of drug-likeness (QED) is 0.831. The zero-order valence-corrected chi connectivity index (χ0v) is 12.8. The summed E-state index contributed by atoms with van der Waals surface area (Å²) in [6.07, 6.45) is 0. The second-order valence-corrected chi connectivity index (χ2v) is 5.63. The number of nitrogens with one attached hydrogen (secondary N) is 1. The van der Waals surface area contributed by atoms with Gasteiger partial charge in [-0.2, -0.15) is 5.26 Å². The van der Waals surface area contributed by atoms with Gasteiger partial charge in [0.1, 0.15) is 11.6 Å². The van der Waals surface area contributed by atoms with Gasteiger partial charge in [0.25, 0.3) is 0 Å². The lowest BCUT2D eigenvalue weighted by Gasteiger charge is -2.24. The van der Waals surface area contributed by atoms with E-state index in [-0.39, 0.29) is 18.2 Å². The molecule has 3 N–H and O–H groups in total. The van der Waals surface area contributed by atoms with E-state index in [2.05, 4.69) is 16.3 Å². The van der Waals surface area contributed by atoms with E-state index in [1.165, 1.54) is 0 Å². The zero-order valence-electron chi connectivity index (χ0n) is 12.0. The lowest BCUT2D eigenvalue weighted by atomic mass is 9.84. The summed E-state index contributed by atoms with van der Waals surface area (Å²) in [5.41, 5.74) is 8.36. The lowest BCUT2D eigenvalue weighted by molar-refractivity contribution is 0.174. The first kappa shape index (κ1) is 13.8. The molecule has 0 spiro atoms. The van der Waals surface area contributed by atoms with E-state index in [0.717, 1.165) is 11.3 Å². The molecule has 1 atom stereocenters. The average molecular weight is 331 g/mol. The molecule has 116 valence electrons. The third-order valence-corrected chi connectivity index (χ3v) is 4.26. The van der Waals surface area contributed by atoms with Crippen molar-refractivity contribution >= 4 is 11.6 Å². The maximum Gasteiger partial charge on any atom is 0.244 e. The van der Waals surface area contributed by atoms with Crippen LogP contribution in [0.2, 0.25) is 5.02 Å². The molecule has 8 heteroatoms. The number of hydrogen-bond donors (Lipinski definition) is 2. The molecule has 3 heterocycles. The Bertz CT molecular complexity index is 897. The number of aromatic nitrogens is 2. The molecule has 23 heavy (non-hydrogen) atoms. The Balaban J connectivity index is 1.97. The predicted octanol–water partition coefficient (Wildman–Crippen LogP) is 2.32. The van der Waals surface area contributed by atoms with Gasteiger partial charge in [0.05, 0.1) is 5.92 Å². The van der Waals surface area contributed by atoms with Gasteiger partial charge in [0, 0.05) is 22.3 Å². The van der Waals surface area contributed by atoms with E-state index in [1.807, 2.05) is 6.92 Å². The Kier molecular flexibility index (Phi) is 2.89. The molecule has 1 aromatic heterocycles. The van der Waals surface area contributed by atoms with Crippen molar-refractivity contribution in [3.05, 3.63) is 45.4 Å². The molecular weight excluding hydrogens is 320 g/mol. The maximum atomic E-state index is 9.53.